The predicted molar refractivity (Wildman–Crippen MR) is 92.5 cm³/mol. The third kappa shape index (κ3) is 3.52. The first-order chi connectivity index (χ1) is 10.1. The molecular weight excluding hydrogens is 343 g/mol. The van der Waals surface area contributed by atoms with Gasteiger partial charge in [0, 0.05) is 20.5 Å². The zero-order valence-corrected chi connectivity index (χ0v) is 13.9. The third-order valence-electron chi connectivity index (χ3n) is 2.75. The molecule has 2 aromatic carbocycles. The van der Waals surface area contributed by atoms with Crippen molar-refractivity contribution in [2.45, 2.75) is 9.10 Å². The summed E-state index contributed by atoms with van der Waals surface area (Å²) in [5.74, 6) is 0. The van der Waals surface area contributed by atoms with Crippen LogP contribution in [-0.2, 0) is 0 Å². The van der Waals surface area contributed by atoms with Crippen LogP contribution in [0.4, 0.5) is 5.13 Å². The Morgan fingerprint density at radius 1 is 0.905 bits per heavy atom. The normalized spacial score (nSPS) is 10.8. The fourth-order valence-electron chi connectivity index (χ4n) is 1.79. The summed E-state index contributed by atoms with van der Waals surface area (Å²) in [4.78, 5) is 5.53. The second kappa shape index (κ2) is 6.28. The monoisotopic (exact) mass is 352 g/mol. The fourth-order valence-corrected chi connectivity index (χ4v) is 4.09. The summed E-state index contributed by atoms with van der Waals surface area (Å²) in [5, 5.41) is 1.98. The second-order valence-electron chi connectivity index (χ2n) is 4.25. The summed E-state index contributed by atoms with van der Waals surface area (Å²) in [6, 6.07) is 15.3. The maximum absolute atomic E-state index is 5.93. The molecule has 2 nitrogen and oxygen atoms in total. The van der Waals surface area contributed by atoms with Crippen LogP contribution in [0.25, 0.3) is 11.3 Å². The third-order valence-corrected chi connectivity index (χ3v) is 5.32. The maximum atomic E-state index is 5.93. The molecule has 2 N–H and O–H groups in total. The number of nitrogens with zero attached hydrogens (tertiary/aromatic N) is 1. The molecule has 0 atom stereocenters. The van der Waals surface area contributed by atoms with E-state index in [4.69, 9.17) is 28.9 Å². The van der Waals surface area contributed by atoms with E-state index in [9.17, 15) is 0 Å². The molecule has 3 rings (SSSR count). The Morgan fingerprint density at radius 3 is 2.10 bits per heavy atom. The quantitative estimate of drug-likeness (QED) is 0.642. The minimum absolute atomic E-state index is 0.552. The van der Waals surface area contributed by atoms with Crippen molar-refractivity contribution in [1.82, 2.24) is 4.98 Å². The minimum atomic E-state index is 0.552. The molecule has 0 spiro atoms. The van der Waals surface area contributed by atoms with Gasteiger partial charge in [0.15, 0.2) is 5.13 Å². The number of rotatable bonds is 3. The molecule has 0 saturated heterocycles. The number of benzene rings is 2. The average molecular weight is 353 g/mol. The first-order valence-electron chi connectivity index (χ1n) is 6.07. The number of nitrogen functional groups attached to an aromatic ring is 1. The van der Waals surface area contributed by atoms with Crippen LogP contribution in [0.15, 0.2) is 57.6 Å². The Labute approximate surface area is 140 Å². The van der Waals surface area contributed by atoms with Crippen molar-refractivity contribution < 1.29 is 0 Å². The van der Waals surface area contributed by atoms with Gasteiger partial charge in [-0.1, -0.05) is 58.4 Å². The van der Waals surface area contributed by atoms with Gasteiger partial charge in [-0.05, 0) is 36.4 Å². The van der Waals surface area contributed by atoms with Gasteiger partial charge >= 0.3 is 0 Å². The molecule has 0 aliphatic rings. The number of aromatic nitrogens is 1. The van der Waals surface area contributed by atoms with Gasteiger partial charge in [0.2, 0.25) is 0 Å². The lowest BCUT2D eigenvalue weighted by molar-refractivity contribution is 1.36. The van der Waals surface area contributed by atoms with Crippen molar-refractivity contribution in [2.24, 2.45) is 0 Å². The summed E-state index contributed by atoms with van der Waals surface area (Å²) < 4.78 is 1.05. The van der Waals surface area contributed by atoms with Crippen molar-refractivity contribution in [1.29, 1.82) is 0 Å². The molecule has 0 aliphatic heterocycles. The van der Waals surface area contributed by atoms with Gasteiger partial charge in [-0.3, -0.25) is 0 Å². The molecular formula is C15H10Cl2N2S2. The van der Waals surface area contributed by atoms with Crippen LogP contribution >= 0.6 is 46.3 Å². The van der Waals surface area contributed by atoms with Crippen LogP contribution in [0.1, 0.15) is 0 Å². The topological polar surface area (TPSA) is 38.9 Å². The van der Waals surface area contributed by atoms with E-state index in [1.165, 1.54) is 11.3 Å². The molecule has 6 heteroatoms. The molecule has 1 heterocycles. The summed E-state index contributed by atoms with van der Waals surface area (Å²) >= 11 is 14.9. The van der Waals surface area contributed by atoms with Crippen molar-refractivity contribution in [3.63, 3.8) is 0 Å². The minimum Gasteiger partial charge on any atom is -0.375 e. The number of thiazole rings is 1. The van der Waals surface area contributed by atoms with Crippen LogP contribution in [0.2, 0.25) is 10.0 Å². The molecule has 0 unspecified atom stereocenters. The van der Waals surface area contributed by atoms with E-state index in [1.807, 2.05) is 48.5 Å². The SMILES string of the molecule is Nc1nc(-c2ccc(Cl)cc2)c(Sc2ccc(Cl)cc2)s1. The van der Waals surface area contributed by atoms with Gasteiger partial charge < -0.3 is 5.73 Å². The molecule has 0 fully saturated rings. The highest BCUT2D eigenvalue weighted by atomic mass is 35.5. The zero-order valence-electron chi connectivity index (χ0n) is 10.7. The molecule has 21 heavy (non-hydrogen) atoms. The summed E-state index contributed by atoms with van der Waals surface area (Å²) in [5.41, 5.74) is 7.76. The van der Waals surface area contributed by atoms with Crippen molar-refractivity contribution in [2.75, 3.05) is 5.73 Å². The molecule has 3 aromatic rings. The fraction of sp³-hybridized carbons (Fsp3) is 0. The summed E-state index contributed by atoms with van der Waals surface area (Å²) in [6.45, 7) is 0. The smallest absolute Gasteiger partial charge is 0.181 e. The van der Waals surface area contributed by atoms with E-state index in [1.54, 1.807) is 11.8 Å². The maximum Gasteiger partial charge on any atom is 0.181 e. The number of nitrogens with two attached hydrogens (primary N) is 1. The van der Waals surface area contributed by atoms with Gasteiger partial charge in [-0.25, -0.2) is 4.98 Å². The molecule has 0 radical (unpaired) electrons. The Bertz CT molecular complexity index is 752. The highest BCUT2D eigenvalue weighted by Crippen LogP contribution is 2.41. The van der Waals surface area contributed by atoms with Gasteiger partial charge in [0.05, 0.1) is 9.90 Å². The van der Waals surface area contributed by atoms with E-state index in [-0.39, 0.29) is 0 Å². The summed E-state index contributed by atoms with van der Waals surface area (Å²) in [7, 11) is 0. The largest absolute Gasteiger partial charge is 0.375 e. The first kappa shape index (κ1) is 14.7. The van der Waals surface area contributed by atoms with Gasteiger partial charge in [0.1, 0.15) is 0 Å². The molecule has 0 bridgehead atoms. The summed E-state index contributed by atoms with van der Waals surface area (Å²) in [6.07, 6.45) is 0. The van der Waals surface area contributed by atoms with Crippen molar-refractivity contribution in [3.05, 3.63) is 58.6 Å². The van der Waals surface area contributed by atoms with Crippen LogP contribution < -0.4 is 5.73 Å². The lowest BCUT2D eigenvalue weighted by atomic mass is 10.2. The lowest BCUT2D eigenvalue weighted by Crippen LogP contribution is -1.83. The molecule has 106 valence electrons. The molecule has 1 aromatic heterocycles. The van der Waals surface area contributed by atoms with Crippen LogP contribution in [0.3, 0.4) is 0 Å². The van der Waals surface area contributed by atoms with Crippen molar-refractivity contribution in [3.8, 4) is 11.3 Å². The van der Waals surface area contributed by atoms with Crippen LogP contribution in [-0.4, -0.2) is 4.98 Å². The Balaban J connectivity index is 1.95. The highest BCUT2D eigenvalue weighted by Gasteiger charge is 2.13. The average Bonchev–Trinajstić information content (AvgIpc) is 2.83. The van der Waals surface area contributed by atoms with E-state index >= 15 is 0 Å². The van der Waals surface area contributed by atoms with E-state index in [2.05, 4.69) is 4.98 Å². The second-order valence-corrected chi connectivity index (χ2v) is 7.50. The van der Waals surface area contributed by atoms with Crippen molar-refractivity contribution >= 4 is 51.4 Å². The molecule has 0 aliphatic carbocycles. The highest BCUT2D eigenvalue weighted by molar-refractivity contribution is 8.01. The lowest BCUT2D eigenvalue weighted by Gasteiger charge is -2.03. The Hall–Kier alpha value is -1.20. The Kier molecular flexibility index (Phi) is 4.40. The molecule has 0 saturated carbocycles. The van der Waals surface area contributed by atoms with E-state index < -0.39 is 0 Å². The van der Waals surface area contributed by atoms with Crippen LogP contribution in [0.5, 0.6) is 0 Å². The number of hydrogen-bond donors (Lipinski definition) is 1. The zero-order chi connectivity index (χ0) is 14.8. The van der Waals surface area contributed by atoms with Crippen LogP contribution in [0, 0.1) is 0 Å². The number of hydrogen-bond acceptors (Lipinski definition) is 4. The van der Waals surface area contributed by atoms with Gasteiger partial charge in [-0.15, -0.1) is 0 Å². The van der Waals surface area contributed by atoms with Gasteiger partial charge in [-0.2, -0.15) is 0 Å². The standard InChI is InChI=1S/C15H10Cl2N2S2/c16-10-3-1-9(2-4-10)13-14(21-15(18)19-13)20-12-7-5-11(17)6-8-12/h1-8H,(H2,18,19). The number of anilines is 1. The van der Waals surface area contributed by atoms with Gasteiger partial charge in [0.25, 0.3) is 0 Å². The predicted octanol–water partition coefficient (Wildman–Crippen LogP) is 5.85. The van der Waals surface area contributed by atoms with E-state index in [0.717, 1.165) is 25.4 Å². The molecule has 0 amide bonds. The Morgan fingerprint density at radius 2 is 1.48 bits per heavy atom. The van der Waals surface area contributed by atoms with E-state index in [0.29, 0.717) is 10.2 Å². The first-order valence-corrected chi connectivity index (χ1v) is 8.46. The number of halogens is 2.